The van der Waals surface area contributed by atoms with E-state index < -0.39 is 0 Å². The Morgan fingerprint density at radius 1 is 1.26 bits per heavy atom. The molecule has 5 nitrogen and oxygen atoms in total. The standard InChI is InChI=1S/C18H23N3O2/c1-4-21(13-16-7-5-6-14(2)10-16)18(22)20-12-15-8-9-19-17(11-15)23-3/h5-11H,4,12-13H2,1-3H3,(H,20,22). The Labute approximate surface area is 137 Å². The normalized spacial score (nSPS) is 10.2. The smallest absolute Gasteiger partial charge is 0.317 e. The molecular weight excluding hydrogens is 290 g/mol. The fraction of sp³-hybridized carbons (Fsp3) is 0.333. The van der Waals surface area contributed by atoms with Gasteiger partial charge in [-0.1, -0.05) is 29.8 Å². The Bertz CT molecular complexity index is 658. The van der Waals surface area contributed by atoms with Crippen LogP contribution in [0.4, 0.5) is 4.79 Å². The van der Waals surface area contributed by atoms with E-state index in [0.717, 1.165) is 11.1 Å². The minimum Gasteiger partial charge on any atom is -0.481 e. The molecule has 0 spiro atoms. The van der Waals surface area contributed by atoms with Crippen LogP contribution in [0.3, 0.4) is 0 Å². The zero-order chi connectivity index (χ0) is 16.7. The van der Waals surface area contributed by atoms with E-state index in [2.05, 4.69) is 29.4 Å². The van der Waals surface area contributed by atoms with E-state index in [1.807, 2.05) is 31.2 Å². The Hall–Kier alpha value is -2.56. The van der Waals surface area contributed by atoms with Crippen LogP contribution in [-0.2, 0) is 13.1 Å². The van der Waals surface area contributed by atoms with Gasteiger partial charge in [-0.3, -0.25) is 0 Å². The van der Waals surface area contributed by atoms with Gasteiger partial charge in [0.25, 0.3) is 0 Å². The third kappa shape index (κ3) is 4.98. The van der Waals surface area contributed by atoms with Crippen molar-refractivity contribution in [1.82, 2.24) is 15.2 Å². The molecule has 0 bridgehead atoms. The molecule has 0 radical (unpaired) electrons. The summed E-state index contributed by atoms with van der Waals surface area (Å²) in [7, 11) is 1.57. The average molecular weight is 313 g/mol. The van der Waals surface area contributed by atoms with Gasteiger partial charge in [-0.2, -0.15) is 0 Å². The molecule has 1 N–H and O–H groups in total. The summed E-state index contributed by atoms with van der Waals surface area (Å²) >= 11 is 0. The monoisotopic (exact) mass is 313 g/mol. The summed E-state index contributed by atoms with van der Waals surface area (Å²) < 4.78 is 5.09. The number of methoxy groups -OCH3 is 1. The third-order valence-electron chi connectivity index (χ3n) is 3.58. The number of amides is 2. The van der Waals surface area contributed by atoms with Crippen LogP contribution in [0.1, 0.15) is 23.6 Å². The molecule has 0 aliphatic carbocycles. The van der Waals surface area contributed by atoms with Gasteiger partial charge in [0.15, 0.2) is 0 Å². The molecule has 122 valence electrons. The molecule has 0 saturated heterocycles. The van der Waals surface area contributed by atoms with E-state index in [-0.39, 0.29) is 6.03 Å². The second-order valence-electron chi connectivity index (χ2n) is 5.37. The highest BCUT2D eigenvalue weighted by atomic mass is 16.5. The first-order valence-corrected chi connectivity index (χ1v) is 7.69. The van der Waals surface area contributed by atoms with Gasteiger partial charge in [0.1, 0.15) is 0 Å². The van der Waals surface area contributed by atoms with Crippen molar-refractivity contribution in [2.24, 2.45) is 0 Å². The molecule has 2 rings (SSSR count). The first-order valence-electron chi connectivity index (χ1n) is 7.69. The molecule has 0 atom stereocenters. The summed E-state index contributed by atoms with van der Waals surface area (Å²) in [4.78, 5) is 18.2. The second-order valence-corrected chi connectivity index (χ2v) is 5.37. The number of nitrogens with zero attached hydrogens (tertiary/aromatic N) is 2. The van der Waals surface area contributed by atoms with Crippen LogP contribution in [0, 0.1) is 6.92 Å². The highest BCUT2D eigenvalue weighted by Gasteiger charge is 2.12. The van der Waals surface area contributed by atoms with Crippen LogP contribution in [0.5, 0.6) is 5.88 Å². The number of pyridine rings is 1. The van der Waals surface area contributed by atoms with Crippen LogP contribution in [-0.4, -0.2) is 29.6 Å². The van der Waals surface area contributed by atoms with Gasteiger partial charge >= 0.3 is 6.03 Å². The molecule has 1 aromatic carbocycles. The van der Waals surface area contributed by atoms with Gasteiger partial charge in [-0.05, 0) is 31.0 Å². The number of carbonyl (C=O) groups is 1. The molecule has 0 saturated carbocycles. The predicted molar refractivity (Wildman–Crippen MR) is 90.3 cm³/mol. The van der Waals surface area contributed by atoms with E-state index in [9.17, 15) is 4.79 Å². The SMILES string of the molecule is CCN(Cc1cccc(C)c1)C(=O)NCc1ccnc(OC)c1. The number of nitrogens with one attached hydrogen (secondary N) is 1. The van der Waals surface area contributed by atoms with Gasteiger partial charge in [-0.25, -0.2) is 9.78 Å². The van der Waals surface area contributed by atoms with Crippen molar-refractivity contribution >= 4 is 6.03 Å². The van der Waals surface area contributed by atoms with Crippen molar-refractivity contribution in [1.29, 1.82) is 0 Å². The van der Waals surface area contributed by atoms with Gasteiger partial charge < -0.3 is 15.0 Å². The lowest BCUT2D eigenvalue weighted by Gasteiger charge is -2.21. The van der Waals surface area contributed by atoms with E-state index in [1.165, 1.54) is 5.56 Å². The number of benzene rings is 1. The first kappa shape index (κ1) is 16.8. The summed E-state index contributed by atoms with van der Waals surface area (Å²) in [5, 5.41) is 2.94. The zero-order valence-electron chi connectivity index (χ0n) is 13.9. The second kappa shape index (κ2) is 8.17. The fourth-order valence-electron chi connectivity index (χ4n) is 2.32. The quantitative estimate of drug-likeness (QED) is 0.891. The Morgan fingerprint density at radius 3 is 2.78 bits per heavy atom. The number of aryl methyl sites for hydroxylation is 1. The van der Waals surface area contributed by atoms with Crippen molar-refractivity contribution in [2.75, 3.05) is 13.7 Å². The van der Waals surface area contributed by atoms with Crippen molar-refractivity contribution in [3.63, 3.8) is 0 Å². The predicted octanol–water partition coefficient (Wildman–Crippen LogP) is 3.13. The Kier molecular flexibility index (Phi) is 5.97. The molecule has 1 heterocycles. The third-order valence-corrected chi connectivity index (χ3v) is 3.58. The number of ether oxygens (including phenoxy) is 1. The van der Waals surface area contributed by atoms with Crippen molar-refractivity contribution in [3.05, 3.63) is 59.3 Å². The summed E-state index contributed by atoms with van der Waals surface area (Å²) in [6.45, 7) is 5.73. The number of hydrogen-bond donors (Lipinski definition) is 1. The lowest BCUT2D eigenvalue weighted by molar-refractivity contribution is 0.197. The summed E-state index contributed by atoms with van der Waals surface area (Å²) in [5.41, 5.74) is 3.28. The number of urea groups is 1. The maximum Gasteiger partial charge on any atom is 0.317 e. The average Bonchev–Trinajstić information content (AvgIpc) is 2.57. The number of hydrogen-bond acceptors (Lipinski definition) is 3. The number of aromatic nitrogens is 1. The molecule has 23 heavy (non-hydrogen) atoms. The van der Waals surface area contributed by atoms with Gasteiger partial charge in [0.2, 0.25) is 5.88 Å². The minimum atomic E-state index is -0.0789. The molecule has 0 fully saturated rings. The van der Waals surface area contributed by atoms with E-state index in [4.69, 9.17) is 4.74 Å². The molecule has 2 aromatic rings. The van der Waals surface area contributed by atoms with E-state index >= 15 is 0 Å². The molecule has 0 aliphatic rings. The number of rotatable bonds is 6. The highest BCUT2D eigenvalue weighted by molar-refractivity contribution is 5.74. The topological polar surface area (TPSA) is 54.5 Å². The maximum absolute atomic E-state index is 12.4. The van der Waals surface area contributed by atoms with Gasteiger partial charge in [0.05, 0.1) is 7.11 Å². The van der Waals surface area contributed by atoms with E-state index in [1.54, 1.807) is 18.2 Å². The highest BCUT2D eigenvalue weighted by Crippen LogP contribution is 2.10. The summed E-state index contributed by atoms with van der Waals surface area (Å²) in [6.07, 6.45) is 1.67. The molecule has 2 amide bonds. The molecule has 0 unspecified atom stereocenters. The Balaban J connectivity index is 1.94. The zero-order valence-corrected chi connectivity index (χ0v) is 13.9. The van der Waals surface area contributed by atoms with Crippen LogP contribution in [0.25, 0.3) is 0 Å². The van der Waals surface area contributed by atoms with Crippen molar-refractivity contribution in [3.8, 4) is 5.88 Å². The van der Waals surface area contributed by atoms with Gasteiger partial charge in [-0.15, -0.1) is 0 Å². The molecule has 1 aromatic heterocycles. The summed E-state index contributed by atoms with van der Waals surface area (Å²) in [6, 6.07) is 11.8. The van der Waals surface area contributed by atoms with Gasteiger partial charge in [0, 0.05) is 31.9 Å². The fourth-order valence-corrected chi connectivity index (χ4v) is 2.32. The first-order chi connectivity index (χ1) is 11.1. The lowest BCUT2D eigenvalue weighted by Crippen LogP contribution is -2.39. The maximum atomic E-state index is 12.4. The van der Waals surface area contributed by atoms with Crippen LogP contribution in [0.2, 0.25) is 0 Å². The summed E-state index contributed by atoms with van der Waals surface area (Å²) in [5.74, 6) is 0.545. The lowest BCUT2D eigenvalue weighted by atomic mass is 10.1. The molecule has 5 heteroatoms. The van der Waals surface area contributed by atoms with Crippen LogP contribution >= 0.6 is 0 Å². The molecule has 0 aliphatic heterocycles. The molecular formula is C18H23N3O2. The largest absolute Gasteiger partial charge is 0.481 e. The van der Waals surface area contributed by atoms with Crippen LogP contribution in [0.15, 0.2) is 42.6 Å². The van der Waals surface area contributed by atoms with Crippen molar-refractivity contribution in [2.45, 2.75) is 26.9 Å². The van der Waals surface area contributed by atoms with Crippen LogP contribution < -0.4 is 10.1 Å². The number of carbonyl (C=O) groups excluding carboxylic acids is 1. The minimum absolute atomic E-state index is 0.0789. The van der Waals surface area contributed by atoms with Crippen molar-refractivity contribution < 1.29 is 9.53 Å². The van der Waals surface area contributed by atoms with E-state index in [0.29, 0.717) is 25.5 Å². The Morgan fingerprint density at radius 2 is 2.09 bits per heavy atom.